The minimum absolute atomic E-state index is 0.192. The van der Waals surface area contributed by atoms with Crippen molar-refractivity contribution in [3.63, 3.8) is 0 Å². The first-order valence-electron chi connectivity index (χ1n) is 10.5. The Bertz CT molecular complexity index is 1350. The number of benzene rings is 3. The number of nitrogens with one attached hydrogen (secondary N) is 2. The van der Waals surface area contributed by atoms with Crippen LogP contribution in [-0.2, 0) is 6.54 Å². The molecule has 0 saturated carbocycles. The first kappa shape index (κ1) is 21.6. The highest BCUT2D eigenvalue weighted by atomic mass is 35.5. The van der Waals surface area contributed by atoms with Gasteiger partial charge >= 0.3 is 0 Å². The Morgan fingerprint density at radius 1 is 1.15 bits per heavy atom. The van der Waals surface area contributed by atoms with Gasteiger partial charge in [-0.25, -0.2) is 9.99 Å². The largest absolute Gasteiger partial charge is 0.454 e. The van der Waals surface area contributed by atoms with E-state index in [1.807, 2.05) is 60.7 Å². The molecule has 0 bridgehead atoms. The minimum atomic E-state index is -0.385. The zero-order valence-electron chi connectivity index (χ0n) is 18.1. The smallest absolute Gasteiger partial charge is 0.231 e. The first-order chi connectivity index (χ1) is 16.6. The average molecular weight is 476 g/mol. The summed E-state index contributed by atoms with van der Waals surface area (Å²) in [5, 5.41) is 13.5. The lowest BCUT2D eigenvalue weighted by Crippen LogP contribution is -2.25. The molecule has 4 aromatic rings. The van der Waals surface area contributed by atoms with Crippen LogP contribution in [0.5, 0.6) is 11.5 Å². The van der Waals surface area contributed by atoms with Crippen molar-refractivity contribution in [1.29, 1.82) is 0 Å². The van der Waals surface area contributed by atoms with Gasteiger partial charge in [-0.05, 0) is 58.8 Å². The second-order valence-electron chi connectivity index (χ2n) is 7.70. The van der Waals surface area contributed by atoms with E-state index in [0.29, 0.717) is 28.8 Å². The van der Waals surface area contributed by atoms with Gasteiger partial charge < -0.3 is 25.6 Å². The summed E-state index contributed by atoms with van der Waals surface area (Å²) in [5.41, 5.74) is 5.17. The fraction of sp³-hybridized carbons (Fsp3) is 0.125. The van der Waals surface area contributed by atoms with Crippen molar-refractivity contribution < 1.29 is 9.47 Å². The van der Waals surface area contributed by atoms with E-state index in [0.717, 1.165) is 27.8 Å². The van der Waals surface area contributed by atoms with Crippen molar-refractivity contribution in [2.45, 2.75) is 12.6 Å². The van der Waals surface area contributed by atoms with Crippen LogP contribution in [0.4, 0.5) is 5.69 Å². The van der Waals surface area contributed by atoms with Crippen LogP contribution < -0.4 is 20.6 Å². The van der Waals surface area contributed by atoms with Crippen molar-refractivity contribution in [2.24, 2.45) is 16.3 Å². The second-order valence-corrected chi connectivity index (χ2v) is 8.14. The van der Waals surface area contributed by atoms with Gasteiger partial charge in [-0.3, -0.25) is 0 Å². The summed E-state index contributed by atoms with van der Waals surface area (Å²) in [5.74, 6) is 6.82. The summed E-state index contributed by atoms with van der Waals surface area (Å²) in [6.45, 7) is 4.93. The van der Waals surface area contributed by atoms with E-state index in [-0.39, 0.29) is 12.8 Å². The molecule has 172 valence electrons. The van der Waals surface area contributed by atoms with Gasteiger partial charge in [0.25, 0.3) is 0 Å². The molecule has 0 amide bonds. The summed E-state index contributed by atoms with van der Waals surface area (Å²) in [4.78, 5) is 7.46. The predicted octanol–water partition coefficient (Wildman–Crippen LogP) is 5.36. The lowest BCUT2D eigenvalue weighted by Gasteiger charge is -2.29. The maximum atomic E-state index is 6.04. The number of H-pyrrole nitrogens is 1. The Hall–Kier alpha value is -4.24. The van der Waals surface area contributed by atoms with E-state index >= 15 is 0 Å². The standard InChI is InChI=1S/C24H22ClN7O2/c1-15(32(31-30-26)12-16-2-5-18(25)6-3-16)24(17-4-9-22-23(10-17)34-14-33-22)29-19-7-8-20-21(11-19)28-13-27-20/h2-11,13,24,29H,1,12,14H2,(H2,26,31)(H,27,28). The summed E-state index contributed by atoms with van der Waals surface area (Å²) in [6, 6.07) is 18.8. The second kappa shape index (κ2) is 9.32. The molecule has 9 nitrogen and oxygen atoms in total. The van der Waals surface area contributed by atoms with Crippen molar-refractivity contribution in [2.75, 3.05) is 12.1 Å². The summed E-state index contributed by atoms with van der Waals surface area (Å²) >= 11 is 6.04. The monoisotopic (exact) mass is 475 g/mol. The Morgan fingerprint density at radius 2 is 1.97 bits per heavy atom. The van der Waals surface area contributed by atoms with Gasteiger partial charge in [-0.15, -0.1) is 0 Å². The fourth-order valence-corrected chi connectivity index (χ4v) is 3.93. The third-order valence-electron chi connectivity index (χ3n) is 5.53. The molecule has 5 rings (SSSR count). The number of aromatic nitrogens is 2. The molecule has 0 saturated heterocycles. The van der Waals surface area contributed by atoms with Gasteiger partial charge in [0, 0.05) is 10.7 Å². The van der Waals surface area contributed by atoms with E-state index in [1.54, 1.807) is 11.3 Å². The average Bonchev–Trinajstić information content (AvgIpc) is 3.51. The predicted molar refractivity (Wildman–Crippen MR) is 130 cm³/mol. The molecule has 0 radical (unpaired) electrons. The summed E-state index contributed by atoms with van der Waals surface area (Å²) < 4.78 is 11.1. The highest BCUT2D eigenvalue weighted by molar-refractivity contribution is 6.30. The number of hydrogen-bond acceptors (Lipinski definition) is 6. The summed E-state index contributed by atoms with van der Waals surface area (Å²) in [6.07, 6.45) is 1.66. The molecule has 3 aromatic carbocycles. The van der Waals surface area contributed by atoms with E-state index in [9.17, 15) is 0 Å². The molecule has 0 spiro atoms. The fourth-order valence-electron chi connectivity index (χ4n) is 3.80. The van der Waals surface area contributed by atoms with Gasteiger partial charge in [0.1, 0.15) is 0 Å². The van der Waals surface area contributed by atoms with Gasteiger partial charge in [-0.2, -0.15) is 0 Å². The number of hydrogen-bond donors (Lipinski definition) is 3. The van der Waals surface area contributed by atoms with Crippen molar-refractivity contribution in [3.8, 4) is 11.5 Å². The van der Waals surface area contributed by atoms with Crippen molar-refractivity contribution in [3.05, 3.63) is 95.4 Å². The normalized spacial score (nSPS) is 13.3. The lowest BCUT2D eigenvalue weighted by atomic mass is 10.0. The van der Waals surface area contributed by atoms with E-state index in [2.05, 4.69) is 32.3 Å². The van der Waals surface area contributed by atoms with E-state index < -0.39 is 0 Å². The van der Waals surface area contributed by atoms with Crippen LogP contribution in [0, 0.1) is 0 Å². The van der Waals surface area contributed by atoms with E-state index in [4.69, 9.17) is 26.9 Å². The molecule has 1 atom stereocenters. The Balaban J connectivity index is 1.49. The Morgan fingerprint density at radius 3 is 2.79 bits per heavy atom. The molecular formula is C24H22ClN7O2. The molecule has 4 N–H and O–H groups in total. The lowest BCUT2D eigenvalue weighted by molar-refractivity contribution is 0.174. The highest BCUT2D eigenvalue weighted by Gasteiger charge is 2.24. The van der Waals surface area contributed by atoms with Crippen LogP contribution >= 0.6 is 11.6 Å². The number of anilines is 1. The number of imidazole rings is 1. The summed E-state index contributed by atoms with van der Waals surface area (Å²) in [7, 11) is 0. The molecule has 1 aromatic heterocycles. The highest BCUT2D eigenvalue weighted by Crippen LogP contribution is 2.38. The number of rotatable bonds is 8. The van der Waals surface area contributed by atoms with Crippen LogP contribution in [0.3, 0.4) is 0 Å². The SMILES string of the molecule is C=C(C(Nc1ccc2[nH]cnc2c1)c1ccc2c(c1)OCO2)N(Cc1ccc(Cl)cc1)/N=N\N. The Labute approximate surface area is 200 Å². The van der Waals surface area contributed by atoms with Crippen molar-refractivity contribution >= 4 is 28.3 Å². The maximum Gasteiger partial charge on any atom is 0.231 e. The zero-order valence-corrected chi connectivity index (χ0v) is 18.9. The maximum absolute atomic E-state index is 6.04. The third-order valence-corrected chi connectivity index (χ3v) is 5.78. The van der Waals surface area contributed by atoms with Crippen LogP contribution in [0.15, 0.2) is 89.7 Å². The van der Waals surface area contributed by atoms with Crippen LogP contribution in [0.1, 0.15) is 17.2 Å². The zero-order chi connectivity index (χ0) is 23.5. The molecule has 34 heavy (non-hydrogen) atoms. The molecule has 10 heteroatoms. The van der Waals surface area contributed by atoms with Gasteiger partial charge in [-0.1, -0.05) is 41.6 Å². The molecule has 1 aliphatic heterocycles. The number of aromatic amines is 1. The molecule has 1 aliphatic rings. The van der Waals surface area contributed by atoms with Crippen LogP contribution in [0.25, 0.3) is 11.0 Å². The number of fused-ring (bicyclic) bond motifs is 2. The number of nitrogens with two attached hydrogens (primary N) is 1. The molecule has 1 unspecified atom stereocenters. The minimum Gasteiger partial charge on any atom is -0.454 e. The number of nitrogens with zero attached hydrogens (tertiary/aromatic N) is 4. The topological polar surface area (TPSA) is 113 Å². The van der Waals surface area contributed by atoms with E-state index in [1.165, 1.54) is 0 Å². The van der Waals surface area contributed by atoms with Crippen molar-refractivity contribution in [1.82, 2.24) is 15.0 Å². The third kappa shape index (κ3) is 4.46. The van der Waals surface area contributed by atoms with Gasteiger partial charge in [0.15, 0.2) is 11.5 Å². The van der Waals surface area contributed by atoms with Crippen LogP contribution in [-0.4, -0.2) is 21.8 Å². The number of ether oxygens (including phenoxy) is 2. The van der Waals surface area contributed by atoms with Gasteiger partial charge in [0.05, 0.1) is 35.6 Å². The van der Waals surface area contributed by atoms with Gasteiger partial charge in [0.2, 0.25) is 6.79 Å². The molecule has 0 fully saturated rings. The molecule has 2 heterocycles. The number of halogens is 1. The Kier molecular flexibility index (Phi) is 5.92. The first-order valence-corrected chi connectivity index (χ1v) is 10.9. The van der Waals surface area contributed by atoms with Crippen LogP contribution in [0.2, 0.25) is 5.02 Å². The molecule has 0 aliphatic carbocycles. The quantitative estimate of drug-likeness (QED) is 0.180. The molecular weight excluding hydrogens is 454 g/mol.